The van der Waals surface area contributed by atoms with E-state index in [1.165, 1.54) is 15.8 Å². The first-order chi connectivity index (χ1) is 8.51. The Morgan fingerprint density at radius 1 is 1.37 bits per heavy atom. The van der Waals surface area contributed by atoms with Crippen molar-refractivity contribution in [3.05, 3.63) is 17.0 Å². The number of thiophene rings is 1. The van der Waals surface area contributed by atoms with Crippen LogP contribution in [0.1, 0.15) is 16.8 Å². The van der Waals surface area contributed by atoms with Gasteiger partial charge in [0.05, 0.1) is 5.56 Å². The fourth-order valence-electron chi connectivity index (χ4n) is 1.77. The van der Waals surface area contributed by atoms with E-state index in [0.29, 0.717) is 19.6 Å². The number of halogens is 1. The van der Waals surface area contributed by atoms with Gasteiger partial charge < -0.3 is 11.1 Å². The summed E-state index contributed by atoms with van der Waals surface area (Å²) < 4.78 is 26.3. The van der Waals surface area contributed by atoms with Gasteiger partial charge in [0.25, 0.3) is 10.0 Å². The second-order valence-corrected chi connectivity index (χ2v) is 7.10. The van der Waals surface area contributed by atoms with Crippen molar-refractivity contribution in [2.45, 2.75) is 10.6 Å². The maximum absolute atomic E-state index is 12.3. The SMILES string of the molecule is Cl.NC(=O)c1csc(S(=O)(=O)N2CCCNCC2)c1. The molecular weight excluding hydrogens is 310 g/mol. The number of carbonyl (C=O) groups is 1. The zero-order valence-corrected chi connectivity index (χ0v) is 12.6. The monoisotopic (exact) mass is 325 g/mol. The highest BCUT2D eigenvalue weighted by atomic mass is 35.5. The lowest BCUT2D eigenvalue weighted by Crippen LogP contribution is -2.33. The number of nitrogens with one attached hydrogen (secondary N) is 1. The number of hydrogen-bond acceptors (Lipinski definition) is 5. The van der Waals surface area contributed by atoms with E-state index < -0.39 is 15.9 Å². The molecule has 0 aromatic carbocycles. The van der Waals surface area contributed by atoms with Gasteiger partial charge in [-0.15, -0.1) is 23.7 Å². The van der Waals surface area contributed by atoms with E-state index in [-0.39, 0.29) is 22.2 Å². The van der Waals surface area contributed by atoms with E-state index >= 15 is 0 Å². The predicted molar refractivity (Wildman–Crippen MR) is 76.3 cm³/mol. The average molecular weight is 326 g/mol. The fraction of sp³-hybridized carbons (Fsp3) is 0.500. The Labute approximate surface area is 122 Å². The molecule has 1 aromatic rings. The minimum Gasteiger partial charge on any atom is -0.366 e. The standard InChI is InChI=1S/C10H15N3O3S2.ClH/c11-10(14)8-6-9(17-7-8)18(15,16)13-4-1-2-12-3-5-13;/h6-7,12H,1-5H2,(H2,11,14);1H. The minimum atomic E-state index is -3.49. The number of sulfonamides is 1. The molecule has 108 valence electrons. The molecule has 0 radical (unpaired) electrons. The molecule has 2 rings (SSSR count). The van der Waals surface area contributed by atoms with Gasteiger partial charge in [0, 0.05) is 25.0 Å². The van der Waals surface area contributed by atoms with Gasteiger partial charge in [-0.1, -0.05) is 0 Å². The number of carbonyl (C=O) groups excluding carboxylic acids is 1. The van der Waals surface area contributed by atoms with Crippen LogP contribution in [0.4, 0.5) is 0 Å². The Balaban J connectivity index is 0.00000180. The first kappa shape index (κ1) is 16.4. The molecule has 1 saturated heterocycles. The van der Waals surface area contributed by atoms with Gasteiger partial charge in [-0.05, 0) is 19.0 Å². The molecule has 1 aliphatic rings. The fourth-order valence-corrected chi connectivity index (χ4v) is 4.57. The van der Waals surface area contributed by atoms with Crippen LogP contribution >= 0.6 is 23.7 Å². The topological polar surface area (TPSA) is 92.5 Å². The van der Waals surface area contributed by atoms with Gasteiger partial charge in [-0.25, -0.2) is 8.42 Å². The zero-order valence-electron chi connectivity index (χ0n) is 10.2. The van der Waals surface area contributed by atoms with Crippen molar-refractivity contribution < 1.29 is 13.2 Å². The molecule has 0 bridgehead atoms. The lowest BCUT2D eigenvalue weighted by molar-refractivity contribution is 0.100. The molecule has 0 unspecified atom stereocenters. The van der Waals surface area contributed by atoms with Crippen LogP contribution in [0, 0.1) is 0 Å². The first-order valence-electron chi connectivity index (χ1n) is 5.61. The molecule has 1 fully saturated rings. The Bertz CT molecular complexity index is 536. The van der Waals surface area contributed by atoms with Gasteiger partial charge in [0.2, 0.25) is 5.91 Å². The lowest BCUT2D eigenvalue weighted by Gasteiger charge is -2.18. The van der Waals surface area contributed by atoms with Crippen LogP contribution in [0.3, 0.4) is 0 Å². The maximum atomic E-state index is 12.3. The lowest BCUT2D eigenvalue weighted by atomic mass is 10.3. The van der Waals surface area contributed by atoms with Crippen molar-refractivity contribution in [3.63, 3.8) is 0 Å². The number of nitrogens with two attached hydrogens (primary N) is 1. The summed E-state index contributed by atoms with van der Waals surface area (Å²) in [5.74, 6) is -0.606. The normalized spacial score (nSPS) is 17.5. The van der Waals surface area contributed by atoms with Crippen molar-refractivity contribution in [3.8, 4) is 0 Å². The third-order valence-corrected chi connectivity index (χ3v) is 6.07. The van der Waals surface area contributed by atoms with Gasteiger partial charge in [-0.3, -0.25) is 4.79 Å². The number of primary amides is 1. The maximum Gasteiger partial charge on any atom is 0.252 e. The third kappa shape index (κ3) is 3.67. The average Bonchev–Trinajstić information content (AvgIpc) is 2.66. The number of hydrogen-bond donors (Lipinski definition) is 2. The summed E-state index contributed by atoms with van der Waals surface area (Å²) in [5.41, 5.74) is 5.37. The van der Waals surface area contributed by atoms with Crippen LogP contribution in [0.15, 0.2) is 15.7 Å². The highest BCUT2D eigenvalue weighted by molar-refractivity contribution is 7.91. The van der Waals surface area contributed by atoms with Gasteiger partial charge in [0.15, 0.2) is 0 Å². The summed E-state index contributed by atoms with van der Waals surface area (Å²) in [4.78, 5) is 11.0. The van der Waals surface area contributed by atoms with Crippen LogP contribution in [0.5, 0.6) is 0 Å². The molecule has 0 saturated carbocycles. The summed E-state index contributed by atoms with van der Waals surface area (Å²) in [6.45, 7) is 2.42. The van der Waals surface area contributed by atoms with E-state index in [1.54, 1.807) is 0 Å². The molecule has 1 aliphatic heterocycles. The van der Waals surface area contributed by atoms with Gasteiger partial charge in [-0.2, -0.15) is 4.31 Å². The van der Waals surface area contributed by atoms with Crippen molar-refractivity contribution in [1.82, 2.24) is 9.62 Å². The first-order valence-corrected chi connectivity index (χ1v) is 7.93. The molecule has 6 nitrogen and oxygen atoms in total. The smallest absolute Gasteiger partial charge is 0.252 e. The minimum absolute atomic E-state index is 0. The summed E-state index contributed by atoms with van der Waals surface area (Å²) in [6, 6.07) is 1.35. The van der Waals surface area contributed by atoms with Crippen LogP contribution in [-0.2, 0) is 10.0 Å². The van der Waals surface area contributed by atoms with Crippen molar-refractivity contribution >= 4 is 39.7 Å². The van der Waals surface area contributed by atoms with Gasteiger partial charge >= 0.3 is 0 Å². The van der Waals surface area contributed by atoms with Crippen LogP contribution in [-0.4, -0.2) is 44.8 Å². The van der Waals surface area contributed by atoms with Crippen LogP contribution < -0.4 is 11.1 Å². The molecule has 2 heterocycles. The Morgan fingerprint density at radius 3 is 2.74 bits per heavy atom. The van der Waals surface area contributed by atoms with Crippen molar-refractivity contribution in [1.29, 1.82) is 0 Å². The second-order valence-electron chi connectivity index (χ2n) is 4.03. The third-order valence-electron chi connectivity index (χ3n) is 2.75. The highest BCUT2D eigenvalue weighted by Crippen LogP contribution is 2.24. The Kier molecular flexibility index (Phi) is 5.75. The Hall–Kier alpha value is -0.670. The molecule has 19 heavy (non-hydrogen) atoms. The molecule has 1 aromatic heterocycles. The Morgan fingerprint density at radius 2 is 2.11 bits per heavy atom. The summed E-state index contributed by atoms with van der Waals surface area (Å²) in [5, 5.41) is 4.62. The second kappa shape index (κ2) is 6.67. The predicted octanol–water partition coefficient (Wildman–Crippen LogP) is 0.253. The molecular formula is C10H16ClN3O3S2. The van der Waals surface area contributed by atoms with E-state index in [0.717, 1.165) is 24.3 Å². The quantitative estimate of drug-likeness (QED) is 0.833. The highest BCUT2D eigenvalue weighted by Gasteiger charge is 2.27. The molecule has 0 spiro atoms. The van der Waals surface area contributed by atoms with Crippen molar-refractivity contribution in [2.24, 2.45) is 5.73 Å². The molecule has 1 amide bonds. The van der Waals surface area contributed by atoms with Crippen LogP contribution in [0.2, 0.25) is 0 Å². The largest absolute Gasteiger partial charge is 0.366 e. The summed E-state index contributed by atoms with van der Waals surface area (Å²) in [7, 11) is -3.49. The summed E-state index contributed by atoms with van der Waals surface area (Å²) >= 11 is 1.03. The summed E-state index contributed by atoms with van der Waals surface area (Å²) in [6.07, 6.45) is 0.785. The van der Waals surface area contributed by atoms with E-state index in [4.69, 9.17) is 5.73 Å². The van der Waals surface area contributed by atoms with E-state index in [1.807, 2.05) is 0 Å². The number of rotatable bonds is 3. The van der Waals surface area contributed by atoms with Crippen molar-refractivity contribution in [2.75, 3.05) is 26.2 Å². The van der Waals surface area contributed by atoms with E-state index in [2.05, 4.69) is 5.32 Å². The molecule has 0 aliphatic carbocycles. The number of amides is 1. The molecule has 9 heteroatoms. The zero-order chi connectivity index (χ0) is 13.2. The molecule has 0 atom stereocenters. The van der Waals surface area contributed by atoms with Crippen LogP contribution in [0.25, 0.3) is 0 Å². The number of nitrogens with zero attached hydrogens (tertiary/aromatic N) is 1. The van der Waals surface area contributed by atoms with E-state index in [9.17, 15) is 13.2 Å². The molecule has 3 N–H and O–H groups in total. The van der Waals surface area contributed by atoms with Gasteiger partial charge in [0.1, 0.15) is 4.21 Å².